The van der Waals surface area contributed by atoms with E-state index in [0.717, 1.165) is 24.3 Å². The van der Waals surface area contributed by atoms with Gasteiger partial charge in [0.15, 0.2) is 0 Å². The summed E-state index contributed by atoms with van der Waals surface area (Å²) in [5.41, 5.74) is 0.0533. The van der Waals surface area contributed by atoms with Crippen molar-refractivity contribution in [3.05, 3.63) is 27.9 Å². The maximum Gasteiger partial charge on any atom is 0.288 e. The van der Waals surface area contributed by atoms with Crippen molar-refractivity contribution in [2.45, 2.75) is 25.8 Å². The Morgan fingerprint density at radius 3 is 3.05 bits per heavy atom. The lowest BCUT2D eigenvalue weighted by Crippen LogP contribution is -2.35. The zero-order valence-electron chi connectivity index (χ0n) is 11.8. The molecule has 2 N–H and O–H groups in total. The molecular weight excluding hydrogens is 292 g/mol. The Labute approximate surface area is 127 Å². The van der Waals surface area contributed by atoms with Crippen LogP contribution in [0.5, 0.6) is 0 Å². The molecule has 114 valence electrons. The highest BCUT2D eigenvalue weighted by atomic mass is 32.2. The molecule has 0 bridgehead atoms. The van der Waals surface area contributed by atoms with Crippen molar-refractivity contribution in [1.82, 2.24) is 10.3 Å². The molecular formula is C13H18N4O3S. The van der Waals surface area contributed by atoms with Gasteiger partial charge in [0.2, 0.25) is 0 Å². The van der Waals surface area contributed by atoms with E-state index in [0.29, 0.717) is 12.4 Å². The summed E-state index contributed by atoms with van der Waals surface area (Å²) in [5, 5.41) is 16.8. The first kappa shape index (κ1) is 15.6. The van der Waals surface area contributed by atoms with Crippen LogP contribution < -0.4 is 10.6 Å². The monoisotopic (exact) mass is 310 g/mol. The summed E-state index contributed by atoms with van der Waals surface area (Å²) in [6.45, 7) is 2.65. The van der Waals surface area contributed by atoms with E-state index in [4.69, 9.17) is 0 Å². The molecule has 0 radical (unpaired) electrons. The summed E-state index contributed by atoms with van der Waals surface area (Å²) in [5.74, 6) is 1.99. The van der Waals surface area contributed by atoms with Crippen molar-refractivity contribution in [3.63, 3.8) is 0 Å². The second-order valence-electron chi connectivity index (χ2n) is 4.81. The molecule has 1 amide bonds. The maximum atomic E-state index is 12.3. The molecule has 1 atom stereocenters. The predicted octanol–water partition coefficient (Wildman–Crippen LogP) is 2.05. The molecule has 1 fully saturated rings. The lowest BCUT2D eigenvalue weighted by Gasteiger charge is -2.14. The molecule has 7 nitrogen and oxygen atoms in total. The van der Waals surface area contributed by atoms with E-state index < -0.39 is 4.92 Å². The molecule has 0 aliphatic carbocycles. The average molecular weight is 310 g/mol. The van der Waals surface area contributed by atoms with Crippen molar-refractivity contribution in [1.29, 1.82) is 0 Å². The number of hydrogen-bond donors (Lipinski definition) is 2. The van der Waals surface area contributed by atoms with Gasteiger partial charge in [-0.25, -0.2) is 4.98 Å². The van der Waals surface area contributed by atoms with Gasteiger partial charge in [0, 0.05) is 24.4 Å². The number of nitrogens with zero attached hydrogens (tertiary/aromatic N) is 2. The van der Waals surface area contributed by atoms with Crippen LogP contribution in [0.4, 0.5) is 11.5 Å². The summed E-state index contributed by atoms with van der Waals surface area (Å²) in [7, 11) is 0. The van der Waals surface area contributed by atoms with Crippen LogP contribution in [0.25, 0.3) is 0 Å². The minimum atomic E-state index is -0.543. The average Bonchev–Trinajstić information content (AvgIpc) is 2.97. The molecule has 1 saturated heterocycles. The number of carbonyl (C=O) groups is 1. The number of aromatic nitrogens is 1. The third-order valence-corrected chi connectivity index (χ3v) is 4.30. The van der Waals surface area contributed by atoms with Gasteiger partial charge in [-0.3, -0.25) is 14.9 Å². The standard InChI is InChI=1S/C13H18N4O3S/c1-2-4-14-12-11(6-10(7-15-12)17(19)20)13(18)16-9-3-5-21-8-9/h6-7,9H,2-5,8H2,1H3,(H,14,15)(H,16,18). The Bertz CT molecular complexity index is 532. The lowest BCUT2D eigenvalue weighted by molar-refractivity contribution is -0.385. The van der Waals surface area contributed by atoms with Crippen LogP contribution in [-0.4, -0.2) is 39.9 Å². The highest BCUT2D eigenvalue weighted by molar-refractivity contribution is 7.99. The van der Waals surface area contributed by atoms with Gasteiger partial charge in [0.25, 0.3) is 11.6 Å². The first-order valence-corrected chi connectivity index (χ1v) is 8.04. The highest BCUT2D eigenvalue weighted by Gasteiger charge is 2.22. The second-order valence-corrected chi connectivity index (χ2v) is 5.96. The van der Waals surface area contributed by atoms with Gasteiger partial charge >= 0.3 is 0 Å². The van der Waals surface area contributed by atoms with Crippen LogP contribution in [0.15, 0.2) is 12.3 Å². The smallest absolute Gasteiger partial charge is 0.288 e. The summed E-state index contributed by atoms with van der Waals surface area (Å²) in [6, 6.07) is 1.41. The Morgan fingerprint density at radius 2 is 2.43 bits per heavy atom. The highest BCUT2D eigenvalue weighted by Crippen LogP contribution is 2.21. The third-order valence-electron chi connectivity index (χ3n) is 3.14. The number of thioether (sulfide) groups is 1. The molecule has 1 aromatic rings. The molecule has 2 rings (SSSR count). The van der Waals surface area contributed by atoms with Crippen molar-refractivity contribution in [2.75, 3.05) is 23.4 Å². The van der Waals surface area contributed by atoms with E-state index in [-0.39, 0.29) is 23.2 Å². The number of anilines is 1. The van der Waals surface area contributed by atoms with Crippen LogP contribution in [0.1, 0.15) is 30.1 Å². The number of rotatable bonds is 6. The zero-order chi connectivity index (χ0) is 15.2. The zero-order valence-corrected chi connectivity index (χ0v) is 12.6. The summed E-state index contributed by atoms with van der Waals surface area (Å²) in [6.07, 6.45) is 2.97. The lowest BCUT2D eigenvalue weighted by atomic mass is 10.2. The topological polar surface area (TPSA) is 97.2 Å². The molecule has 1 unspecified atom stereocenters. The molecule has 0 saturated carbocycles. The van der Waals surface area contributed by atoms with Crippen molar-refractivity contribution in [3.8, 4) is 0 Å². The number of carbonyl (C=O) groups excluding carboxylic acids is 1. The van der Waals surface area contributed by atoms with Crippen LogP contribution in [0.3, 0.4) is 0 Å². The van der Waals surface area contributed by atoms with E-state index in [1.807, 2.05) is 6.92 Å². The Morgan fingerprint density at radius 1 is 1.62 bits per heavy atom. The number of nitrogens with one attached hydrogen (secondary N) is 2. The van der Waals surface area contributed by atoms with Crippen LogP contribution in [0.2, 0.25) is 0 Å². The first-order valence-electron chi connectivity index (χ1n) is 6.88. The Balaban J connectivity index is 2.21. The number of nitro groups is 1. The van der Waals surface area contributed by atoms with Crippen LogP contribution in [-0.2, 0) is 0 Å². The van der Waals surface area contributed by atoms with Gasteiger partial charge in [-0.05, 0) is 18.6 Å². The van der Waals surface area contributed by atoms with Gasteiger partial charge < -0.3 is 10.6 Å². The summed E-state index contributed by atoms with van der Waals surface area (Å²) >= 11 is 1.79. The van der Waals surface area contributed by atoms with Crippen LogP contribution >= 0.6 is 11.8 Å². The quantitative estimate of drug-likeness (QED) is 0.616. The van der Waals surface area contributed by atoms with Crippen molar-refractivity contribution < 1.29 is 9.72 Å². The molecule has 0 spiro atoms. The summed E-state index contributed by atoms with van der Waals surface area (Å²) < 4.78 is 0. The Kier molecular flexibility index (Phi) is 5.38. The molecule has 8 heteroatoms. The minimum Gasteiger partial charge on any atom is -0.369 e. The normalized spacial score (nSPS) is 17.5. The fraction of sp³-hybridized carbons (Fsp3) is 0.538. The molecule has 21 heavy (non-hydrogen) atoms. The minimum absolute atomic E-state index is 0.126. The van der Waals surface area contributed by atoms with E-state index in [1.165, 1.54) is 12.3 Å². The van der Waals surface area contributed by atoms with E-state index in [1.54, 1.807) is 11.8 Å². The fourth-order valence-electron chi connectivity index (χ4n) is 2.02. The molecule has 1 aliphatic rings. The largest absolute Gasteiger partial charge is 0.369 e. The molecule has 1 aromatic heterocycles. The summed E-state index contributed by atoms with van der Waals surface area (Å²) in [4.78, 5) is 26.7. The van der Waals surface area contributed by atoms with E-state index >= 15 is 0 Å². The molecule has 2 heterocycles. The SMILES string of the molecule is CCCNc1ncc([N+](=O)[O-])cc1C(=O)NC1CCSC1. The number of pyridine rings is 1. The van der Waals surface area contributed by atoms with Gasteiger partial charge in [0.1, 0.15) is 12.0 Å². The van der Waals surface area contributed by atoms with Gasteiger partial charge in [-0.2, -0.15) is 11.8 Å². The second kappa shape index (κ2) is 7.26. The van der Waals surface area contributed by atoms with Crippen molar-refractivity contribution >= 4 is 29.2 Å². The Hall–Kier alpha value is -1.83. The molecule has 0 aromatic carbocycles. The van der Waals surface area contributed by atoms with E-state index in [9.17, 15) is 14.9 Å². The molecule has 1 aliphatic heterocycles. The van der Waals surface area contributed by atoms with Crippen molar-refractivity contribution in [2.24, 2.45) is 0 Å². The third kappa shape index (κ3) is 4.07. The maximum absolute atomic E-state index is 12.3. The first-order chi connectivity index (χ1) is 10.1. The number of amides is 1. The van der Waals surface area contributed by atoms with Gasteiger partial charge in [-0.1, -0.05) is 6.92 Å². The van der Waals surface area contributed by atoms with Gasteiger partial charge in [-0.15, -0.1) is 0 Å². The number of hydrogen-bond acceptors (Lipinski definition) is 6. The van der Waals surface area contributed by atoms with E-state index in [2.05, 4.69) is 15.6 Å². The van der Waals surface area contributed by atoms with Gasteiger partial charge in [0.05, 0.1) is 10.5 Å². The predicted molar refractivity (Wildman–Crippen MR) is 82.9 cm³/mol. The van der Waals surface area contributed by atoms with Crippen LogP contribution in [0, 0.1) is 10.1 Å². The fourth-order valence-corrected chi connectivity index (χ4v) is 3.17.